The molecule has 6 nitrogen and oxygen atoms in total. The number of nitrogens with zero attached hydrogens (tertiary/aromatic N) is 2. The van der Waals surface area contributed by atoms with Crippen molar-refractivity contribution in [1.82, 2.24) is 9.88 Å². The molecule has 34 heavy (non-hydrogen) atoms. The molecule has 174 valence electrons. The second-order valence-corrected chi connectivity index (χ2v) is 8.17. The number of aliphatic hydroxyl groups is 1. The molecule has 1 atom stereocenters. The number of hydrogen-bond donors (Lipinski definition) is 1. The molecule has 1 aliphatic rings. The maximum Gasteiger partial charge on any atom is 0.295 e. The van der Waals surface area contributed by atoms with Gasteiger partial charge < -0.3 is 14.7 Å². The Kier molecular flexibility index (Phi) is 6.72. The second-order valence-electron chi connectivity index (χ2n) is 8.17. The minimum Gasteiger partial charge on any atom is -0.507 e. The molecule has 2 heterocycles. The monoisotopic (exact) mass is 460 g/mol. The van der Waals surface area contributed by atoms with Crippen LogP contribution in [0.15, 0.2) is 72.6 Å². The molecule has 4 rings (SSSR count). The van der Waals surface area contributed by atoms with Crippen LogP contribution in [-0.2, 0) is 16.1 Å². The van der Waals surface area contributed by atoms with Crippen molar-refractivity contribution < 1.29 is 23.8 Å². The highest BCUT2D eigenvalue weighted by Gasteiger charge is 2.46. The average Bonchev–Trinajstić information content (AvgIpc) is 3.08. The first kappa shape index (κ1) is 23.2. The smallest absolute Gasteiger partial charge is 0.295 e. The van der Waals surface area contributed by atoms with Crippen molar-refractivity contribution in [2.45, 2.75) is 32.9 Å². The van der Waals surface area contributed by atoms with Gasteiger partial charge >= 0.3 is 0 Å². The highest BCUT2D eigenvalue weighted by Crippen LogP contribution is 2.41. The lowest BCUT2D eigenvalue weighted by molar-refractivity contribution is -0.140. The molecule has 0 aliphatic carbocycles. The number of likely N-dealkylation sites (tertiary alicyclic amines) is 1. The molecule has 7 heteroatoms. The van der Waals surface area contributed by atoms with Crippen molar-refractivity contribution in [3.63, 3.8) is 0 Å². The number of benzene rings is 2. The van der Waals surface area contributed by atoms with E-state index in [0.717, 1.165) is 12.0 Å². The zero-order chi connectivity index (χ0) is 24.2. The van der Waals surface area contributed by atoms with E-state index in [4.69, 9.17) is 4.74 Å². The molecule has 1 fully saturated rings. The normalized spacial score (nSPS) is 17.3. The van der Waals surface area contributed by atoms with E-state index in [1.807, 2.05) is 6.92 Å². The number of amides is 1. The molecule has 1 saturated heterocycles. The van der Waals surface area contributed by atoms with Crippen LogP contribution in [0.4, 0.5) is 4.39 Å². The molecule has 3 aromatic rings. The number of rotatable bonds is 7. The molecule has 1 aliphatic heterocycles. The van der Waals surface area contributed by atoms with Gasteiger partial charge in [0.05, 0.1) is 18.2 Å². The third-order valence-corrected chi connectivity index (χ3v) is 5.73. The number of ether oxygens (including phenoxy) is 1. The Bertz CT molecular complexity index is 1240. The topological polar surface area (TPSA) is 79.7 Å². The predicted octanol–water partition coefficient (Wildman–Crippen LogP) is 4.94. The van der Waals surface area contributed by atoms with E-state index in [1.54, 1.807) is 49.6 Å². The molecular formula is C27H25FN2O4. The van der Waals surface area contributed by atoms with Gasteiger partial charge in [-0.25, -0.2) is 4.39 Å². The quantitative estimate of drug-likeness (QED) is 0.307. The summed E-state index contributed by atoms with van der Waals surface area (Å²) in [5.41, 5.74) is 2.33. The second kappa shape index (κ2) is 9.87. The maximum atomic E-state index is 13.6. The van der Waals surface area contributed by atoms with Gasteiger partial charge in [0.2, 0.25) is 0 Å². The SMILES string of the molecule is CCCOc1ccc(/C(O)=C2\C(=O)C(=O)N(Cc3cccnc3)C2c2ccc(F)cc2)c(C)c1. The number of Topliss-reactive ketones (excluding diaryl/α,β-unsaturated/α-hetero) is 1. The van der Waals surface area contributed by atoms with Crippen LogP contribution in [0.5, 0.6) is 5.75 Å². The van der Waals surface area contributed by atoms with Gasteiger partial charge in [-0.15, -0.1) is 0 Å². The summed E-state index contributed by atoms with van der Waals surface area (Å²) < 4.78 is 19.3. The van der Waals surface area contributed by atoms with Gasteiger partial charge in [-0.1, -0.05) is 25.1 Å². The van der Waals surface area contributed by atoms with Crippen molar-refractivity contribution in [2.24, 2.45) is 0 Å². The molecule has 1 unspecified atom stereocenters. The highest BCUT2D eigenvalue weighted by molar-refractivity contribution is 6.46. The van der Waals surface area contributed by atoms with E-state index in [9.17, 15) is 19.1 Å². The number of hydrogen-bond acceptors (Lipinski definition) is 5. The molecule has 1 aromatic heterocycles. The molecule has 1 N–H and O–H groups in total. The lowest BCUT2D eigenvalue weighted by Gasteiger charge is -2.25. The van der Waals surface area contributed by atoms with Crippen LogP contribution in [0.2, 0.25) is 0 Å². The lowest BCUT2D eigenvalue weighted by Crippen LogP contribution is -2.29. The number of pyridine rings is 1. The first-order valence-corrected chi connectivity index (χ1v) is 11.1. The van der Waals surface area contributed by atoms with Gasteiger partial charge in [0, 0.05) is 24.5 Å². The van der Waals surface area contributed by atoms with E-state index < -0.39 is 23.5 Å². The van der Waals surface area contributed by atoms with Gasteiger partial charge in [0.25, 0.3) is 11.7 Å². The number of carbonyl (C=O) groups excluding carboxylic acids is 2. The molecule has 1 amide bonds. The molecule has 0 bridgehead atoms. The van der Waals surface area contributed by atoms with Crippen LogP contribution in [0, 0.1) is 12.7 Å². The largest absolute Gasteiger partial charge is 0.507 e. The van der Waals surface area contributed by atoms with E-state index in [0.29, 0.717) is 29.0 Å². The molecule has 0 radical (unpaired) electrons. The summed E-state index contributed by atoms with van der Waals surface area (Å²) in [6.07, 6.45) is 4.09. The average molecular weight is 461 g/mol. The summed E-state index contributed by atoms with van der Waals surface area (Å²) in [7, 11) is 0. The van der Waals surface area contributed by atoms with Crippen molar-refractivity contribution >= 4 is 17.4 Å². The van der Waals surface area contributed by atoms with Crippen LogP contribution in [0.25, 0.3) is 5.76 Å². The number of aromatic nitrogens is 1. The number of carbonyl (C=O) groups is 2. The lowest BCUT2D eigenvalue weighted by atomic mass is 9.93. The van der Waals surface area contributed by atoms with Crippen LogP contribution in [0.3, 0.4) is 0 Å². The summed E-state index contributed by atoms with van der Waals surface area (Å²) in [6, 6.07) is 13.4. The maximum absolute atomic E-state index is 13.6. The fraction of sp³-hybridized carbons (Fsp3) is 0.222. The summed E-state index contributed by atoms with van der Waals surface area (Å²) in [5, 5.41) is 11.3. The van der Waals surface area contributed by atoms with Crippen molar-refractivity contribution in [3.05, 3.63) is 101 Å². The summed E-state index contributed by atoms with van der Waals surface area (Å²) in [4.78, 5) is 31.7. The van der Waals surface area contributed by atoms with E-state index in [-0.39, 0.29) is 17.9 Å². The van der Waals surface area contributed by atoms with Gasteiger partial charge in [-0.2, -0.15) is 0 Å². The van der Waals surface area contributed by atoms with Crippen molar-refractivity contribution in [1.29, 1.82) is 0 Å². The minimum atomic E-state index is -0.878. The van der Waals surface area contributed by atoms with Crippen molar-refractivity contribution in [2.75, 3.05) is 6.61 Å². The Balaban J connectivity index is 1.82. The van der Waals surface area contributed by atoms with Gasteiger partial charge in [-0.3, -0.25) is 14.6 Å². The Labute approximate surface area is 197 Å². The van der Waals surface area contributed by atoms with Crippen molar-refractivity contribution in [3.8, 4) is 5.75 Å². The fourth-order valence-electron chi connectivity index (χ4n) is 4.08. The van der Waals surface area contributed by atoms with Crippen LogP contribution >= 0.6 is 0 Å². The number of aliphatic hydroxyl groups excluding tert-OH is 1. The number of ketones is 1. The Morgan fingerprint density at radius 1 is 1.15 bits per heavy atom. The van der Waals surface area contributed by atoms with Crippen LogP contribution < -0.4 is 4.74 Å². The molecular weight excluding hydrogens is 435 g/mol. The predicted molar refractivity (Wildman–Crippen MR) is 125 cm³/mol. The third kappa shape index (κ3) is 4.55. The Hall–Kier alpha value is -4.00. The first-order valence-electron chi connectivity index (χ1n) is 11.1. The zero-order valence-corrected chi connectivity index (χ0v) is 19.0. The standard InChI is InChI=1S/C27H25FN2O4/c1-3-13-34-21-10-11-22(17(2)14-21)25(31)23-24(19-6-8-20(28)9-7-19)30(27(33)26(23)32)16-18-5-4-12-29-15-18/h4-12,14-15,24,31H,3,13,16H2,1-2H3/b25-23+. The van der Waals surface area contributed by atoms with E-state index in [2.05, 4.69) is 4.98 Å². The zero-order valence-electron chi connectivity index (χ0n) is 19.0. The summed E-state index contributed by atoms with van der Waals surface area (Å²) in [5.74, 6) is -1.59. The van der Waals surface area contributed by atoms with Crippen LogP contribution in [0.1, 0.15) is 41.6 Å². The van der Waals surface area contributed by atoms with E-state index >= 15 is 0 Å². The Morgan fingerprint density at radius 2 is 1.91 bits per heavy atom. The van der Waals surface area contributed by atoms with Gasteiger partial charge in [0.15, 0.2) is 0 Å². The molecule has 0 spiro atoms. The molecule has 0 saturated carbocycles. The van der Waals surface area contributed by atoms with Gasteiger partial charge in [-0.05, 0) is 66.4 Å². The number of halogens is 1. The van der Waals surface area contributed by atoms with Crippen LogP contribution in [-0.4, -0.2) is 33.3 Å². The Morgan fingerprint density at radius 3 is 2.56 bits per heavy atom. The minimum absolute atomic E-state index is 0.0363. The fourth-order valence-corrected chi connectivity index (χ4v) is 4.08. The number of aryl methyl sites for hydroxylation is 1. The highest BCUT2D eigenvalue weighted by atomic mass is 19.1. The molecule has 2 aromatic carbocycles. The van der Waals surface area contributed by atoms with Gasteiger partial charge in [0.1, 0.15) is 17.3 Å². The van der Waals surface area contributed by atoms with E-state index in [1.165, 1.54) is 29.2 Å². The summed E-state index contributed by atoms with van der Waals surface area (Å²) in [6.45, 7) is 4.48. The third-order valence-electron chi connectivity index (χ3n) is 5.73. The first-order chi connectivity index (χ1) is 16.4. The summed E-state index contributed by atoms with van der Waals surface area (Å²) >= 11 is 0.